The van der Waals surface area contributed by atoms with E-state index in [2.05, 4.69) is 11.4 Å². The molecule has 0 aliphatic carbocycles. The number of hydrogen-bond acceptors (Lipinski definition) is 3. The van der Waals surface area contributed by atoms with Crippen LogP contribution in [0.4, 0.5) is 0 Å². The quantitative estimate of drug-likeness (QED) is 0.820. The van der Waals surface area contributed by atoms with Gasteiger partial charge in [-0.25, -0.2) is 0 Å². The van der Waals surface area contributed by atoms with Gasteiger partial charge in [-0.3, -0.25) is 9.59 Å². The Labute approximate surface area is 157 Å². The van der Waals surface area contributed by atoms with Crippen molar-refractivity contribution in [2.75, 3.05) is 19.6 Å². The molecule has 1 atom stereocenters. The van der Waals surface area contributed by atoms with Crippen molar-refractivity contribution >= 4 is 11.8 Å². The number of benzene rings is 1. The molecule has 1 unspecified atom stereocenters. The van der Waals surface area contributed by atoms with Gasteiger partial charge in [0, 0.05) is 30.7 Å². The second-order valence-corrected chi connectivity index (χ2v) is 7.75. The van der Waals surface area contributed by atoms with Gasteiger partial charge in [-0.2, -0.15) is 0 Å². The molecule has 0 bridgehead atoms. The van der Waals surface area contributed by atoms with Crippen molar-refractivity contribution in [1.82, 2.24) is 10.2 Å². The number of nitrogens with one attached hydrogen (secondary N) is 1. The molecule has 5 nitrogen and oxygen atoms in total. The van der Waals surface area contributed by atoms with Crippen LogP contribution in [0.1, 0.15) is 61.0 Å². The Balaban J connectivity index is 1.99. The highest BCUT2D eigenvalue weighted by Gasteiger charge is 2.30. The summed E-state index contributed by atoms with van der Waals surface area (Å²) >= 11 is 0. The highest BCUT2D eigenvalue weighted by molar-refractivity contribution is 5.95. The Hall–Kier alpha value is -1.88. The zero-order valence-corrected chi connectivity index (χ0v) is 16.6. The first-order chi connectivity index (χ1) is 12.3. The average molecular weight is 360 g/mol. The number of carbonyl (C=O) groups is 2. The van der Waals surface area contributed by atoms with Gasteiger partial charge in [-0.1, -0.05) is 31.0 Å². The zero-order valence-electron chi connectivity index (χ0n) is 16.6. The van der Waals surface area contributed by atoms with Crippen molar-refractivity contribution < 1.29 is 9.59 Å². The molecule has 26 heavy (non-hydrogen) atoms. The maximum atomic E-state index is 12.9. The van der Waals surface area contributed by atoms with Crippen LogP contribution in [0.3, 0.4) is 0 Å². The van der Waals surface area contributed by atoms with E-state index in [4.69, 9.17) is 5.73 Å². The Morgan fingerprint density at radius 2 is 1.81 bits per heavy atom. The van der Waals surface area contributed by atoms with Crippen molar-refractivity contribution in [3.8, 4) is 0 Å². The Morgan fingerprint density at radius 1 is 1.19 bits per heavy atom. The summed E-state index contributed by atoms with van der Waals surface area (Å²) in [5, 5.41) is 3.01. The molecule has 1 fully saturated rings. The number of nitrogens with zero attached hydrogens (tertiary/aromatic N) is 1. The fourth-order valence-corrected chi connectivity index (χ4v) is 3.56. The van der Waals surface area contributed by atoms with Crippen LogP contribution in [0.25, 0.3) is 0 Å². The zero-order chi connectivity index (χ0) is 19.3. The smallest absolute Gasteiger partial charge is 0.253 e. The van der Waals surface area contributed by atoms with E-state index in [1.807, 2.05) is 44.7 Å². The van der Waals surface area contributed by atoms with Gasteiger partial charge >= 0.3 is 0 Å². The van der Waals surface area contributed by atoms with Crippen LogP contribution in [-0.2, 0) is 4.79 Å². The molecular formula is C21H33N3O2. The van der Waals surface area contributed by atoms with Gasteiger partial charge in [0.25, 0.3) is 5.91 Å². The molecular weight excluding hydrogens is 326 g/mol. The minimum atomic E-state index is -0.348. The van der Waals surface area contributed by atoms with Gasteiger partial charge < -0.3 is 16.0 Å². The van der Waals surface area contributed by atoms with Crippen LogP contribution in [0.2, 0.25) is 0 Å². The van der Waals surface area contributed by atoms with Crippen molar-refractivity contribution in [1.29, 1.82) is 0 Å². The summed E-state index contributed by atoms with van der Waals surface area (Å²) in [4.78, 5) is 27.3. The summed E-state index contributed by atoms with van der Waals surface area (Å²) in [5.41, 5.74) is 8.80. The third kappa shape index (κ3) is 5.07. The molecule has 1 aromatic rings. The number of amides is 2. The van der Waals surface area contributed by atoms with E-state index in [9.17, 15) is 9.59 Å². The minimum Gasteiger partial charge on any atom is -0.354 e. The first kappa shape index (κ1) is 20.4. The second-order valence-electron chi connectivity index (χ2n) is 7.75. The molecule has 0 spiro atoms. The van der Waals surface area contributed by atoms with Crippen LogP contribution < -0.4 is 11.1 Å². The Kier molecular flexibility index (Phi) is 6.81. The first-order valence-corrected chi connectivity index (χ1v) is 9.72. The van der Waals surface area contributed by atoms with Crippen molar-refractivity contribution in [3.63, 3.8) is 0 Å². The third-order valence-corrected chi connectivity index (χ3v) is 5.57. The van der Waals surface area contributed by atoms with E-state index in [1.165, 1.54) is 0 Å². The maximum Gasteiger partial charge on any atom is 0.253 e. The number of hydrogen-bond donors (Lipinski definition) is 2. The molecule has 1 heterocycles. The summed E-state index contributed by atoms with van der Waals surface area (Å²) in [6.45, 7) is 9.75. The number of likely N-dealkylation sites (tertiary alicyclic amines) is 1. The van der Waals surface area contributed by atoms with E-state index in [0.717, 1.165) is 36.8 Å². The molecule has 1 aromatic carbocycles. The van der Waals surface area contributed by atoms with E-state index < -0.39 is 0 Å². The predicted octanol–water partition coefficient (Wildman–Crippen LogP) is 2.79. The first-order valence-electron chi connectivity index (χ1n) is 9.72. The van der Waals surface area contributed by atoms with E-state index >= 15 is 0 Å². The molecule has 1 aliphatic heterocycles. The van der Waals surface area contributed by atoms with Gasteiger partial charge in [-0.05, 0) is 51.7 Å². The summed E-state index contributed by atoms with van der Waals surface area (Å²) in [5.74, 6) is -0.124. The van der Waals surface area contributed by atoms with E-state index in [-0.39, 0.29) is 23.3 Å². The van der Waals surface area contributed by atoms with E-state index in [1.54, 1.807) is 0 Å². The lowest BCUT2D eigenvalue weighted by atomic mass is 9.92. The van der Waals surface area contributed by atoms with Crippen molar-refractivity contribution in [3.05, 3.63) is 34.9 Å². The lowest BCUT2D eigenvalue weighted by molar-refractivity contribution is -0.126. The van der Waals surface area contributed by atoms with Crippen molar-refractivity contribution in [2.24, 2.45) is 11.7 Å². The summed E-state index contributed by atoms with van der Waals surface area (Å²) in [7, 11) is 0. The highest BCUT2D eigenvalue weighted by atomic mass is 16.2. The van der Waals surface area contributed by atoms with Crippen molar-refractivity contribution in [2.45, 2.75) is 58.9 Å². The molecule has 1 aliphatic rings. The largest absolute Gasteiger partial charge is 0.354 e. The lowest BCUT2D eigenvalue weighted by Gasteiger charge is -2.33. The van der Waals surface area contributed by atoms with Gasteiger partial charge in [0.1, 0.15) is 0 Å². The maximum absolute atomic E-state index is 12.9. The van der Waals surface area contributed by atoms with Crippen LogP contribution in [-0.4, -0.2) is 41.9 Å². The van der Waals surface area contributed by atoms with Gasteiger partial charge in [-0.15, -0.1) is 0 Å². The topological polar surface area (TPSA) is 75.4 Å². The van der Waals surface area contributed by atoms with Gasteiger partial charge in [0.2, 0.25) is 5.91 Å². The van der Waals surface area contributed by atoms with Gasteiger partial charge in [0.15, 0.2) is 0 Å². The standard InChI is InChI=1S/C21H33N3O2/c1-5-21(22,6-2)14-23-19(25)17-8-7-9-24(13-17)20(26)18-11-15(3)10-16(4)12-18/h10-12,17H,5-9,13-14,22H2,1-4H3,(H,23,25). The lowest BCUT2D eigenvalue weighted by Crippen LogP contribution is -2.52. The number of aryl methyl sites for hydroxylation is 2. The van der Waals surface area contributed by atoms with Gasteiger partial charge in [0.05, 0.1) is 5.92 Å². The molecule has 2 rings (SSSR count). The Bertz CT molecular complexity index is 632. The molecule has 0 aromatic heterocycles. The fraction of sp³-hybridized carbons (Fsp3) is 0.619. The number of piperidine rings is 1. The second kappa shape index (κ2) is 8.67. The van der Waals surface area contributed by atoms with Crippen LogP contribution in [0.5, 0.6) is 0 Å². The molecule has 2 amide bonds. The Morgan fingerprint density at radius 3 is 2.38 bits per heavy atom. The normalized spacial score (nSPS) is 17.9. The summed E-state index contributed by atoms with van der Waals surface area (Å²) < 4.78 is 0. The van der Waals surface area contributed by atoms with E-state index in [0.29, 0.717) is 25.2 Å². The molecule has 0 saturated carbocycles. The minimum absolute atomic E-state index is 0.0136. The molecule has 5 heteroatoms. The molecule has 3 N–H and O–H groups in total. The highest BCUT2D eigenvalue weighted by Crippen LogP contribution is 2.20. The number of nitrogens with two attached hydrogens (primary N) is 1. The predicted molar refractivity (Wildman–Crippen MR) is 105 cm³/mol. The molecule has 144 valence electrons. The number of carbonyl (C=O) groups excluding carboxylic acids is 2. The monoisotopic (exact) mass is 359 g/mol. The average Bonchev–Trinajstić information content (AvgIpc) is 2.64. The van der Waals surface area contributed by atoms with Crippen LogP contribution in [0, 0.1) is 19.8 Å². The molecule has 1 saturated heterocycles. The van der Waals surface area contributed by atoms with Crippen LogP contribution >= 0.6 is 0 Å². The fourth-order valence-electron chi connectivity index (χ4n) is 3.56. The molecule has 0 radical (unpaired) electrons. The summed E-state index contributed by atoms with van der Waals surface area (Å²) in [6.07, 6.45) is 3.32. The third-order valence-electron chi connectivity index (χ3n) is 5.57. The summed E-state index contributed by atoms with van der Waals surface area (Å²) in [6, 6.07) is 5.90. The number of rotatable bonds is 6. The SMILES string of the molecule is CCC(N)(CC)CNC(=O)C1CCCN(C(=O)c2cc(C)cc(C)c2)C1. The van der Waals surface area contributed by atoms with Crippen LogP contribution in [0.15, 0.2) is 18.2 Å².